The molecule has 1 aliphatic carbocycles. The average molecular weight is 207 g/mol. The number of hydrogen-bond acceptors (Lipinski definition) is 1. The molecule has 1 nitrogen and oxygen atoms in total. The molecule has 2 aliphatic rings. The lowest BCUT2D eigenvalue weighted by Crippen LogP contribution is -2.28. The van der Waals surface area contributed by atoms with Crippen LogP contribution in [0, 0.1) is 23.7 Å². The summed E-state index contributed by atoms with van der Waals surface area (Å²) in [7, 11) is 2.13. The van der Waals surface area contributed by atoms with E-state index in [1.807, 2.05) is 0 Å². The first kappa shape index (κ1) is 11.5. The molecule has 1 heterocycles. The lowest BCUT2D eigenvalue weighted by atomic mass is 9.67. The Morgan fingerprint density at radius 2 is 1.87 bits per heavy atom. The van der Waals surface area contributed by atoms with Gasteiger partial charge in [-0.1, -0.05) is 26.6 Å². The van der Waals surface area contributed by atoms with Crippen molar-refractivity contribution in [2.45, 2.75) is 58.3 Å². The molecule has 1 aliphatic heterocycles. The molecule has 1 saturated heterocycles. The fraction of sp³-hybridized carbons (Fsp3) is 1.00. The van der Waals surface area contributed by atoms with Gasteiger partial charge in [0.1, 0.15) is 7.28 Å². The van der Waals surface area contributed by atoms with Gasteiger partial charge in [-0.3, -0.25) is 0 Å². The highest BCUT2D eigenvalue weighted by atomic mass is 16.3. The molecule has 0 amide bonds. The molecule has 2 heteroatoms. The van der Waals surface area contributed by atoms with E-state index in [9.17, 15) is 5.11 Å². The summed E-state index contributed by atoms with van der Waals surface area (Å²) >= 11 is 0. The summed E-state index contributed by atoms with van der Waals surface area (Å²) in [6.07, 6.45) is 7.70. The van der Waals surface area contributed by atoms with Crippen LogP contribution in [0.4, 0.5) is 0 Å². The Morgan fingerprint density at radius 3 is 2.60 bits per heavy atom. The van der Waals surface area contributed by atoms with Crippen molar-refractivity contribution in [1.29, 1.82) is 0 Å². The van der Waals surface area contributed by atoms with Crippen molar-refractivity contribution >= 4 is 7.28 Å². The van der Waals surface area contributed by atoms with Gasteiger partial charge in [0.05, 0.1) is 0 Å². The third-order valence-corrected chi connectivity index (χ3v) is 4.64. The molecule has 2 fully saturated rings. The van der Waals surface area contributed by atoms with Gasteiger partial charge >= 0.3 is 0 Å². The smallest absolute Gasteiger partial charge is 0.149 e. The molecule has 0 spiro atoms. The highest BCUT2D eigenvalue weighted by molar-refractivity contribution is 6.37. The van der Waals surface area contributed by atoms with Crippen LogP contribution in [-0.4, -0.2) is 18.4 Å². The normalized spacial score (nSPS) is 41.9. The third-order valence-electron chi connectivity index (χ3n) is 4.64. The minimum absolute atomic E-state index is 0.120. The van der Waals surface area contributed by atoms with Crippen LogP contribution in [0.3, 0.4) is 0 Å². The summed E-state index contributed by atoms with van der Waals surface area (Å²) in [6, 6.07) is -0.120. The molecule has 15 heavy (non-hydrogen) atoms. The maximum Gasteiger partial charge on any atom is 0.149 e. The van der Waals surface area contributed by atoms with E-state index in [1.54, 1.807) is 0 Å². The molecule has 0 aromatic heterocycles. The summed E-state index contributed by atoms with van der Waals surface area (Å²) in [4.78, 5) is 0. The summed E-state index contributed by atoms with van der Waals surface area (Å²) in [5, 5.41) is 9.80. The molecule has 0 aromatic rings. The minimum atomic E-state index is -0.120. The second-order valence-corrected chi connectivity index (χ2v) is 5.95. The van der Waals surface area contributed by atoms with Crippen molar-refractivity contribution in [2.75, 3.05) is 0 Å². The summed E-state index contributed by atoms with van der Waals surface area (Å²) < 4.78 is 0. The van der Waals surface area contributed by atoms with E-state index in [0.29, 0.717) is 0 Å². The van der Waals surface area contributed by atoms with Crippen LogP contribution in [0.5, 0.6) is 0 Å². The number of hydrogen-bond donors (Lipinski definition) is 1. The highest BCUT2D eigenvalue weighted by Gasteiger charge is 2.34. The number of rotatable bonds is 1. The zero-order valence-electron chi connectivity index (χ0n) is 10.2. The standard InChI is InChI=1S/C13H24BO/c1-9(2)11-4-3-10-5-6-14-13(15)8-12(10)7-11/h9-13,15H,3-8H2,1-2H3. The van der Waals surface area contributed by atoms with Crippen LogP contribution >= 0.6 is 0 Å². The molecule has 2 rings (SSSR count). The quantitative estimate of drug-likeness (QED) is 0.655. The van der Waals surface area contributed by atoms with Gasteiger partial charge < -0.3 is 5.11 Å². The Labute approximate surface area is 94.9 Å². The van der Waals surface area contributed by atoms with Crippen molar-refractivity contribution in [1.82, 2.24) is 0 Å². The maximum absolute atomic E-state index is 9.80. The van der Waals surface area contributed by atoms with E-state index >= 15 is 0 Å². The molecule has 4 unspecified atom stereocenters. The Balaban J connectivity index is 1.96. The Morgan fingerprint density at radius 1 is 1.07 bits per heavy atom. The summed E-state index contributed by atoms with van der Waals surface area (Å²) in [6.45, 7) is 4.70. The predicted molar refractivity (Wildman–Crippen MR) is 65.0 cm³/mol. The van der Waals surface area contributed by atoms with Crippen LogP contribution in [0.2, 0.25) is 6.32 Å². The average Bonchev–Trinajstić information content (AvgIpc) is 2.37. The minimum Gasteiger partial charge on any atom is -0.402 e. The van der Waals surface area contributed by atoms with Gasteiger partial charge in [0.2, 0.25) is 0 Å². The molecule has 1 saturated carbocycles. The molecule has 0 bridgehead atoms. The second-order valence-electron chi connectivity index (χ2n) is 5.95. The van der Waals surface area contributed by atoms with Crippen LogP contribution in [0.15, 0.2) is 0 Å². The van der Waals surface area contributed by atoms with E-state index in [-0.39, 0.29) is 6.00 Å². The molecule has 0 aromatic carbocycles. The van der Waals surface area contributed by atoms with E-state index < -0.39 is 0 Å². The molecular weight excluding hydrogens is 183 g/mol. The SMILES string of the molecule is CC(C)C1CCC2CC[B]C(O)CC2C1. The summed E-state index contributed by atoms with van der Waals surface area (Å²) in [5.74, 6) is 3.46. The maximum atomic E-state index is 9.80. The number of aliphatic hydroxyl groups excluding tert-OH is 1. The van der Waals surface area contributed by atoms with Crippen molar-refractivity contribution in [3.63, 3.8) is 0 Å². The summed E-state index contributed by atoms with van der Waals surface area (Å²) in [5.41, 5.74) is 0. The number of fused-ring (bicyclic) bond motifs is 1. The first-order chi connectivity index (χ1) is 7.16. The predicted octanol–water partition coefficient (Wildman–Crippen LogP) is 2.91. The second kappa shape index (κ2) is 4.90. The zero-order chi connectivity index (χ0) is 10.8. The van der Waals surface area contributed by atoms with Crippen molar-refractivity contribution < 1.29 is 5.11 Å². The van der Waals surface area contributed by atoms with Gasteiger partial charge in [-0.25, -0.2) is 0 Å². The van der Waals surface area contributed by atoms with E-state index in [1.165, 1.54) is 25.7 Å². The van der Waals surface area contributed by atoms with Gasteiger partial charge in [0.15, 0.2) is 0 Å². The van der Waals surface area contributed by atoms with Crippen LogP contribution in [0.25, 0.3) is 0 Å². The zero-order valence-corrected chi connectivity index (χ0v) is 10.2. The van der Waals surface area contributed by atoms with Crippen molar-refractivity contribution in [2.24, 2.45) is 23.7 Å². The first-order valence-electron chi connectivity index (χ1n) is 6.68. The van der Waals surface area contributed by atoms with Crippen LogP contribution in [-0.2, 0) is 0 Å². The van der Waals surface area contributed by atoms with Gasteiger partial charge in [-0.2, -0.15) is 0 Å². The van der Waals surface area contributed by atoms with Crippen LogP contribution in [0.1, 0.15) is 46.0 Å². The Hall–Kier alpha value is 0.0249. The lowest BCUT2D eigenvalue weighted by molar-refractivity contribution is 0.111. The lowest BCUT2D eigenvalue weighted by Gasteiger charge is -2.37. The molecule has 1 radical (unpaired) electrons. The van der Waals surface area contributed by atoms with Crippen LogP contribution < -0.4 is 0 Å². The Bertz CT molecular complexity index is 205. The molecule has 1 N–H and O–H groups in total. The fourth-order valence-electron chi connectivity index (χ4n) is 3.55. The molecular formula is C13H24BO. The third kappa shape index (κ3) is 2.78. The van der Waals surface area contributed by atoms with Crippen molar-refractivity contribution in [3.8, 4) is 0 Å². The van der Waals surface area contributed by atoms with E-state index in [0.717, 1.165) is 36.4 Å². The number of aliphatic hydroxyl groups is 1. The van der Waals surface area contributed by atoms with Gasteiger partial charge in [-0.05, 0) is 49.4 Å². The van der Waals surface area contributed by atoms with E-state index in [4.69, 9.17) is 0 Å². The highest BCUT2D eigenvalue weighted by Crippen LogP contribution is 2.42. The van der Waals surface area contributed by atoms with E-state index in [2.05, 4.69) is 21.1 Å². The fourth-order valence-corrected chi connectivity index (χ4v) is 3.55. The Kier molecular flexibility index (Phi) is 3.76. The molecule has 85 valence electrons. The monoisotopic (exact) mass is 207 g/mol. The molecule has 4 atom stereocenters. The van der Waals surface area contributed by atoms with Gasteiger partial charge in [0.25, 0.3) is 0 Å². The van der Waals surface area contributed by atoms with Gasteiger partial charge in [-0.15, -0.1) is 0 Å². The first-order valence-corrected chi connectivity index (χ1v) is 6.68. The van der Waals surface area contributed by atoms with Crippen molar-refractivity contribution in [3.05, 3.63) is 0 Å². The van der Waals surface area contributed by atoms with Gasteiger partial charge in [0, 0.05) is 6.00 Å². The topological polar surface area (TPSA) is 20.2 Å². The largest absolute Gasteiger partial charge is 0.402 e.